The zero-order valence-electron chi connectivity index (χ0n) is 9.91. The predicted molar refractivity (Wildman–Crippen MR) is 64.1 cm³/mol. The van der Waals surface area contributed by atoms with E-state index in [1.807, 2.05) is 19.1 Å². The Balaban J connectivity index is 1.96. The van der Waals surface area contributed by atoms with Crippen molar-refractivity contribution in [2.75, 3.05) is 11.9 Å². The Morgan fingerprint density at radius 2 is 2.39 bits per heavy atom. The van der Waals surface area contributed by atoms with Gasteiger partial charge in [-0.1, -0.05) is 6.07 Å². The van der Waals surface area contributed by atoms with Crippen LogP contribution in [0.25, 0.3) is 0 Å². The molecule has 1 amide bonds. The summed E-state index contributed by atoms with van der Waals surface area (Å²) < 4.78 is 6.69. The van der Waals surface area contributed by atoms with Gasteiger partial charge in [0.2, 0.25) is 5.91 Å². The molecule has 0 unspecified atom stereocenters. The highest BCUT2D eigenvalue weighted by molar-refractivity contribution is 5.90. The van der Waals surface area contributed by atoms with Crippen molar-refractivity contribution in [2.24, 2.45) is 0 Å². The predicted octanol–water partition coefficient (Wildman–Crippen LogP) is 0.710. The minimum atomic E-state index is -0.198. The molecule has 0 saturated carbocycles. The van der Waals surface area contributed by atoms with E-state index < -0.39 is 0 Å². The van der Waals surface area contributed by atoms with Crippen molar-refractivity contribution in [1.82, 2.24) is 20.2 Å². The summed E-state index contributed by atoms with van der Waals surface area (Å²) in [5.74, 6) is 0.522. The molecule has 0 bridgehead atoms. The normalized spacial score (nSPS) is 10.1. The zero-order valence-corrected chi connectivity index (χ0v) is 9.91. The maximum absolute atomic E-state index is 11.7. The summed E-state index contributed by atoms with van der Waals surface area (Å²) in [4.78, 5) is 11.7. The van der Waals surface area contributed by atoms with E-state index in [1.54, 1.807) is 12.1 Å². The van der Waals surface area contributed by atoms with Crippen molar-refractivity contribution in [1.29, 1.82) is 0 Å². The molecule has 94 valence electrons. The van der Waals surface area contributed by atoms with E-state index in [4.69, 9.17) is 4.74 Å². The maximum atomic E-state index is 11.7. The standard InChI is InChI=1S/C11H13N5O2/c1-2-18-10-5-3-4-9(6-10)13-11(17)7-16-8-12-14-15-16/h3-6,8H,2,7H2,1H3,(H,13,17). The van der Waals surface area contributed by atoms with Crippen molar-refractivity contribution < 1.29 is 9.53 Å². The molecular weight excluding hydrogens is 234 g/mol. The van der Waals surface area contributed by atoms with Crippen LogP contribution < -0.4 is 10.1 Å². The average Bonchev–Trinajstić information content (AvgIpc) is 2.82. The first-order chi connectivity index (χ1) is 8.78. The van der Waals surface area contributed by atoms with Crippen LogP contribution in [0, 0.1) is 0 Å². The Kier molecular flexibility index (Phi) is 3.85. The van der Waals surface area contributed by atoms with E-state index in [2.05, 4.69) is 20.8 Å². The summed E-state index contributed by atoms with van der Waals surface area (Å²) in [6.07, 6.45) is 1.39. The van der Waals surface area contributed by atoms with E-state index in [0.29, 0.717) is 12.3 Å². The fourth-order valence-corrected chi connectivity index (χ4v) is 1.43. The molecule has 0 fully saturated rings. The van der Waals surface area contributed by atoms with Crippen LogP contribution in [0.15, 0.2) is 30.6 Å². The number of hydrogen-bond acceptors (Lipinski definition) is 5. The van der Waals surface area contributed by atoms with E-state index in [1.165, 1.54) is 11.0 Å². The molecule has 0 saturated heterocycles. The second-order valence-corrected chi connectivity index (χ2v) is 3.52. The Bertz CT molecular complexity index is 512. The van der Waals surface area contributed by atoms with Gasteiger partial charge in [0.1, 0.15) is 18.6 Å². The van der Waals surface area contributed by atoms with Gasteiger partial charge in [-0.05, 0) is 29.5 Å². The summed E-state index contributed by atoms with van der Waals surface area (Å²) in [5.41, 5.74) is 0.680. The van der Waals surface area contributed by atoms with Gasteiger partial charge >= 0.3 is 0 Å². The van der Waals surface area contributed by atoms with Crippen molar-refractivity contribution in [2.45, 2.75) is 13.5 Å². The molecular formula is C11H13N5O2. The van der Waals surface area contributed by atoms with E-state index >= 15 is 0 Å². The topological polar surface area (TPSA) is 81.9 Å². The first kappa shape index (κ1) is 12.0. The first-order valence-electron chi connectivity index (χ1n) is 5.51. The monoisotopic (exact) mass is 247 g/mol. The lowest BCUT2D eigenvalue weighted by molar-refractivity contribution is -0.116. The third kappa shape index (κ3) is 3.27. The Morgan fingerprint density at radius 1 is 1.50 bits per heavy atom. The molecule has 1 N–H and O–H groups in total. The number of aromatic nitrogens is 4. The number of nitrogens with one attached hydrogen (secondary N) is 1. The molecule has 1 heterocycles. The van der Waals surface area contributed by atoms with Crippen molar-refractivity contribution in [3.05, 3.63) is 30.6 Å². The lowest BCUT2D eigenvalue weighted by atomic mass is 10.3. The van der Waals surface area contributed by atoms with Crippen molar-refractivity contribution in [3.63, 3.8) is 0 Å². The minimum absolute atomic E-state index is 0.0753. The summed E-state index contributed by atoms with van der Waals surface area (Å²) in [6.45, 7) is 2.57. The quantitative estimate of drug-likeness (QED) is 0.841. The molecule has 0 aliphatic carbocycles. The highest BCUT2D eigenvalue weighted by atomic mass is 16.5. The summed E-state index contributed by atoms with van der Waals surface area (Å²) in [5, 5.41) is 13.3. The van der Waals surface area contributed by atoms with Gasteiger partial charge in [0.05, 0.1) is 6.61 Å². The molecule has 18 heavy (non-hydrogen) atoms. The van der Waals surface area contributed by atoms with Crippen molar-refractivity contribution in [3.8, 4) is 5.75 Å². The molecule has 1 aromatic heterocycles. The van der Waals surface area contributed by atoms with Crippen LogP contribution >= 0.6 is 0 Å². The van der Waals surface area contributed by atoms with E-state index in [-0.39, 0.29) is 12.5 Å². The molecule has 7 nitrogen and oxygen atoms in total. The van der Waals surface area contributed by atoms with Gasteiger partial charge < -0.3 is 10.1 Å². The summed E-state index contributed by atoms with van der Waals surface area (Å²) >= 11 is 0. The molecule has 0 spiro atoms. The Labute approximate surface area is 104 Å². The highest BCUT2D eigenvalue weighted by Crippen LogP contribution is 2.17. The minimum Gasteiger partial charge on any atom is -0.494 e. The van der Waals surface area contributed by atoms with E-state index in [9.17, 15) is 4.79 Å². The third-order valence-electron chi connectivity index (χ3n) is 2.13. The van der Waals surface area contributed by atoms with Gasteiger partial charge in [-0.15, -0.1) is 5.10 Å². The molecule has 7 heteroatoms. The molecule has 0 radical (unpaired) electrons. The average molecular weight is 247 g/mol. The lowest BCUT2D eigenvalue weighted by Crippen LogP contribution is -2.19. The molecule has 1 aromatic carbocycles. The molecule has 0 atom stereocenters. The van der Waals surface area contributed by atoms with Gasteiger partial charge in [-0.2, -0.15) is 0 Å². The fraction of sp³-hybridized carbons (Fsp3) is 0.273. The van der Waals surface area contributed by atoms with Crippen molar-refractivity contribution >= 4 is 11.6 Å². The number of rotatable bonds is 5. The van der Waals surface area contributed by atoms with Crippen LogP contribution in [0.5, 0.6) is 5.75 Å². The second-order valence-electron chi connectivity index (χ2n) is 3.52. The Morgan fingerprint density at radius 3 is 3.11 bits per heavy atom. The number of benzene rings is 1. The van der Waals surface area contributed by atoms with Gasteiger partial charge in [-0.3, -0.25) is 4.79 Å². The van der Waals surface area contributed by atoms with Gasteiger partial charge in [0.15, 0.2) is 0 Å². The zero-order chi connectivity index (χ0) is 12.8. The largest absolute Gasteiger partial charge is 0.494 e. The van der Waals surface area contributed by atoms with Crippen LogP contribution in [0.1, 0.15) is 6.92 Å². The maximum Gasteiger partial charge on any atom is 0.246 e. The number of carbonyl (C=O) groups excluding carboxylic acids is 1. The number of nitrogens with zero attached hydrogens (tertiary/aromatic N) is 4. The lowest BCUT2D eigenvalue weighted by Gasteiger charge is -2.07. The molecule has 2 rings (SSSR count). The van der Waals surface area contributed by atoms with E-state index in [0.717, 1.165) is 5.75 Å². The first-order valence-corrected chi connectivity index (χ1v) is 5.51. The van der Waals surface area contributed by atoms with Gasteiger partial charge in [0.25, 0.3) is 0 Å². The van der Waals surface area contributed by atoms with Crippen LogP contribution in [0.4, 0.5) is 5.69 Å². The van der Waals surface area contributed by atoms with Crippen LogP contribution in [-0.4, -0.2) is 32.7 Å². The van der Waals surface area contributed by atoms with Crippen LogP contribution in [-0.2, 0) is 11.3 Å². The highest BCUT2D eigenvalue weighted by Gasteiger charge is 2.05. The van der Waals surface area contributed by atoms with Gasteiger partial charge in [-0.25, -0.2) is 4.68 Å². The van der Waals surface area contributed by atoms with Crippen LogP contribution in [0.2, 0.25) is 0 Å². The number of anilines is 1. The third-order valence-corrected chi connectivity index (χ3v) is 2.13. The summed E-state index contributed by atoms with van der Waals surface area (Å²) in [6, 6.07) is 7.21. The SMILES string of the molecule is CCOc1cccc(NC(=O)Cn2cnnn2)c1. The number of tetrazole rings is 1. The Hall–Kier alpha value is -2.44. The summed E-state index contributed by atoms with van der Waals surface area (Å²) in [7, 11) is 0. The fourth-order valence-electron chi connectivity index (χ4n) is 1.43. The second kappa shape index (κ2) is 5.76. The number of hydrogen-bond donors (Lipinski definition) is 1. The number of amides is 1. The van der Waals surface area contributed by atoms with Crippen LogP contribution in [0.3, 0.4) is 0 Å². The number of carbonyl (C=O) groups is 1. The molecule has 0 aliphatic heterocycles. The molecule has 2 aromatic rings. The van der Waals surface area contributed by atoms with Gasteiger partial charge in [0, 0.05) is 11.8 Å². The smallest absolute Gasteiger partial charge is 0.246 e. The molecule has 0 aliphatic rings. The number of ether oxygens (including phenoxy) is 1.